The molecule has 2 fully saturated rings. The predicted molar refractivity (Wildman–Crippen MR) is 131 cm³/mol. The maximum atomic E-state index is 12.8. The van der Waals surface area contributed by atoms with Crippen LogP contribution in [0.5, 0.6) is 0 Å². The molecular weight excluding hydrogens is 434 g/mol. The van der Waals surface area contributed by atoms with Crippen molar-refractivity contribution in [2.75, 3.05) is 12.4 Å². The molecule has 2 N–H and O–H groups in total. The van der Waals surface area contributed by atoms with Gasteiger partial charge in [0.25, 0.3) is 0 Å². The summed E-state index contributed by atoms with van der Waals surface area (Å²) < 4.78 is 8.05. The number of amides is 1. The van der Waals surface area contributed by atoms with Crippen molar-refractivity contribution in [2.24, 2.45) is 11.8 Å². The number of carbonyl (C=O) groups is 1. The summed E-state index contributed by atoms with van der Waals surface area (Å²) in [5, 5.41) is 14.2. The third-order valence-electron chi connectivity index (χ3n) is 7.34. The van der Waals surface area contributed by atoms with Crippen molar-refractivity contribution in [3.63, 3.8) is 0 Å². The summed E-state index contributed by atoms with van der Waals surface area (Å²) in [6.45, 7) is 6.05. The van der Waals surface area contributed by atoms with Crippen LogP contribution in [-0.4, -0.2) is 50.2 Å². The lowest BCUT2D eigenvalue weighted by Gasteiger charge is -2.34. The second-order valence-electron chi connectivity index (χ2n) is 9.53. The molecule has 1 aromatic carbocycles. The second kappa shape index (κ2) is 9.89. The van der Waals surface area contributed by atoms with Gasteiger partial charge in [0, 0.05) is 35.3 Å². The number of rotatable bonds is 7. The molecule has 4 atom stereocenters. The minimum absolute atomic E-state index is 0.0752. The van der Waals surface area contributed by atoms with Gasteiger partial charge in [0.1, 0.15) is 0 Å². The Kier molecular flexibility index (Phi) is 6.74. The van der Waals surface area contributed by atoms with E-state index in [1.165, 1.54) is 24.6 Å². The Morgan fingerprint density at radius 3 is 2.94 bits per heavy atom. The van der Waals surface area contributed by atoms with Gasteiger partial charge in [-0.3, -0.25) is 9.36 Å². The largest absolute Gasteiger partial charge is 0.376 e. The zero-order valence-electron chi connectivity index (χ0n) is 19.4. The summed E-state index contributed by atoms with van der Waals surface area (Å²) >= 11 is 1.46. The number of nitrogens with zero attached hydrogens (tertiary/aromatic N) is 3. The molecule has 0 radical (unpaired) electrons. The summed E-state index contributed by atoms with van der Waals surface area (Å²) in [5.74, 6) is 2.41. The summed E-state index contributed by atoms with van der Waals surface area (Å²) in [7, 11) is 0. The normalized spacial score (nSPS) is 25.5. The Labute approximate surface area is 199 Å². The maximum Gasteiger partial charge on any atom is 0.230 e. The molecule has 3 heterocycles. The van der Waals surface area contributed by atoms with E-state index < -0.39 is 0 Å². The van der Waals surface area contributed by atoms with Gasteiger partial charge >= 0.3 is 0 Å². The molecule has 5 rings (SSSR count). The van der Waals surface area contributed by atoms with Crippen LogP contribution in [0.25, 0.3) is 22.3 Å². The monoisotopic (exact) mass is 467 g/mol. The number of hydrogen-bond acceptors (Lipinski definition) is 5. The zero-order chi connectivity index (χ0) is 22.8. The van der Waals surface area contributed by atoms with E-state index in [2.05, 4.69) is 51.0 Å². The van der Waals surface area contributed by atoms with Crippen LogP contribution in [0.1, 0.15) is 46.0 Å². The van der Waals surface area contributed by atoms with Gasteiger partial charge in [-0.25, -0.2) is 0 Å². The van der Waals surface area contributed by atoms with Crippen LogP contribution in [-0.2, 0) is 16.1 Å². The molecular formula is C25H33N5O2S. The lowest BCUT2D eigenvalue weighted by Crippen LogP contribution is -2.44. The highest BCUT2D eigenvalue weighted by molar-refractivity contribution is 7.99. The first-order valence-corrected chi connectivity index (χ1v) is 13.1. The third-order valence-corrected chi connectivity index (χ3v) is 8.31. The Bertz CT molecular complexity index is 1100. The first-order valence-electron chi connectivity index (χ1n) is 12.1. The number of fused-ring (bicyclic) bond motifs is 1. The predicted octanol–water partition coefficient (Wildman–Crippen LogP) is 4.64. The van der Waals surface area contributed by atoms with Crippen LogP contribution in [0.4, 0.5) is 0 Å². The second-order valence-corrected chi connectivity index (χ2v) is 10.5. The fourth-order valence-electron chi connectivity index (χ4n) is 5.17. The first-order chi connectivity index (χ1) is 16.1. The minimum atomic E-state index is 0.0752. The van der Waals surface area contributed by atoms with Gasteiger partial charge in [-0.15, -0.1) is 10.2 Å². The van der Waals surface area contributed by atoms with E-state index in [0.717, 1.165) is 53.3 Å². The number of ether oxygens (including phenoxy) is 1. The quantitative estimate of drug-likeness (QED) is 0.495. The highest BCUT2D eigenvalue weighted by Crippen LogP contribution is 2.32. The van der Waals surface area contributed by atoms with Gasteiger partial charge in [-0.1, -0.05) is 56.7 Å². The molecule has 1 amide bonds. The number of aromatic nitrogens is 4. The summed E-state index contributed by atoms with van der Waals surface area (Å²) in [6, 6.07) is 8.49. The SMILES string of the molecule is CC1CCCC(NC(=O)CSc2nnc(-c3c[nH]c4ccccc34)n2CC2CCCO2)C1C. The van der Waals surface area contributed by atoms with E-state index in [9.17, 15) is 4.79 Å². The first kappa shape index (κ1) is 22.5. The van der Waals surface area contributed by atoms with Gasteiger partial charge in [0.15, 0.2) is 11.0 Å². The third kappa shape index (κ3) is 4.82. The van der Waals surface area contributed by atoms with Crippen LogP contribution >= 0.6 is 11.8 Å². The molecule has 7 nitrogen and oxygen atoms in total. The molecule has 33 heavy (non-hydrogen) atoms. The van der Waals surface area contributed by atoms with Crippen LogP contribution in [0.2, 0.25) is 0 Å². The highest BCUT2D eigenvalue weighted by Gasteiger charge is 2.28. The van der Waals surface area contributed by atoms with Gasteiger partial charge in [-0.2, -0.15) is 0 Å². The molecule has 3 aromatic rings. The lowest BCUT2D eigenvalue weighted by atomic mass is 9.78. The number of hydrogen-bond donors (Lipinski definition) is 2. The van der Waals surface area contributed by atoms with E-state index in [-0.39, 0.29) is 18.1 Å². The Hall–Kier alpha value is -2.32. The highest BCUT2D eigenvalue weighted by atomic mass is 32.2. The van der Waals surface area contributed by atoms with Crippen molar-refractivity contribution in [1.82, 2.24) is 25.1 Å². The molecule has 176 valence electrons. The van der Waals surface area contributed by atoms with Crippen molar-refractivity contribution in [3.05, 3.63) is 30.5 Å². The fraction of sp³-hybridized carbons (Fsp3) is 0.560. The van der Waals surface area contributed by atoms with E-state index >= 15 is 0 Å². The molecule has 4 unspecified atom stereocenters. The van der Waals surface area contributed by atoms with E-state index in [1.807, 2.05) is 18.3 Å². The van der Waals surface area contributed by atoms with E-state index in [1.54, 1.807) is 0 Å². The van der Waals surface area contributed by atoms with E-state index in [4.69, 9.17) is 4.74 Å². The fourth-order valence-corrected chi connectivity index (χ4v) is 5.93. The molecule has 2 aliphatic rings. The molecule has 0 spiro atoms. The van der Waals surface area contributed by atoms with Gasteiger partial charge in [0.2, 0.25) is 5.91 Å². The molecule has 2 aromatic heterocycles. The van der Waals surface area contributed by atoms with Gasteiger partial charge in [0.05, 0.1) is 18.4 Å². The molecule has 1 aliphatic heterocycles. The van der Waals surface area contributed by atoms with Gasteiger partial charge in [-0.05, 0) is 37.2 Å². The average molecular weight is 468 g/mol. The number of para-hydroxylation sites is 1. The lowest BCUT2D eigenvalue weighted by molar-refractivity contribution is -0.120. The maximum absolute atomic E-state index is 12.8. The number of aromatic amines is 1. The number of nitrogens with one attached hydrogen (secondary N) is 2. The van der Waals surface area contributed by atoms with Crippen molar-refractivity contribution in [2.45, 2.75) is 69.8 Å². The molecule has 1 saturated carbocycles. The van der Waals surface area contributed by atoms with E-state index in [0.29, 0.717) is 24.1 Å². The standard InChI is InChI=1S/C25H33N5O2S/c1-16-7-5-11-21(17(16)2)27-23(31)15-33-25-29-28-24(30(25)14-18-8-6-12-32-18)20-13-26-22-10-4-3-9-19(20)22/h3-4,9-10,13,16-18,21,26H,5-8,11-12,14-15H2,1-2H3,(H,27,31). The molecule has 1 aliphatic carbocycles. The van der Waals surface area contributed by atoms with Crippen molar-refractivity contribution in [3.8, 4) is 11.4 Å². The van der Waals surface area contributed by atoms with Crippen LogP contribution in [0.3, 0.4) is 0 Å². The summed E-state index contributed by atoms with van der Waals surface area (Å²) in [5.41, 5.74) is 2.10. The Balaban J connectivity index is 1.34. The topological polar surface area (TPSA) is 84.8 Å². The Morgan fingerprint density at radius 1 is 1.21 bits per heavy atom. The van der Waals surface area contributed by atoms with Crippen molar-refractivity contribution in [1.29, 1.82) is 0 Å². The number of H-pyrrole nitrogens is 1. The Morgan fingerprint density at radius 2 is 2.09 bits per heavy atom. The van der Waals surface area contributed by atoms with Crippen LogP contribution in [0, 0.1) is 11.8 Å². The minimum Gasteiger partial charge on any atom is -0.376 e. The average Bonchev–Trinajstić information content (AvgIpc) is 3.56. The number of benzene rings is 1. The smallest absolute Gasteiger partial charge is 0.230 e. The number of carbonyl (C=O) groups excluding carboxylic acids is 1. The van der Waals surface area contributed by atoms with Crippen molar-refractivity contribution >= 4 is 28.6 Å². The van der Waals surface area contributed by atoms with Crippen LogP contribution in [0.15, 0.2) is 35.6 Å². The zero-order valence-corrected chi connectivity index (χ0v) is 20.2. The van der Waals surface area contributed by atoms with Crippen LogP contribution < -0.4 is 5.32 Å². The molecule has 1 saturated heterocycles. The molecule has 8 heteroatoms. The van der Waals surface area contributed by atoms with Crippen molar-refractivity contribution < 1.29 is 9.53 Å². The summed E-state index contributed by atoms with van der Waals surface area (Å²) in [6.07, 6.45) is 7.78. The van der Waals surface area contributed by atoms with Gasteiger partial charge < -0.3 is 15.0 Å². The molecule has 0 bridgehead atoms. The number of thioether (sulfide) groups is 1. The summed E-state index contributed by atoms with van der Waals surface area (Å²) in [4.78, 5) is 16.1.